The molecule has 3 N–H and O–H groups in total. The summed E-state index contributed by atoms with van der Waals surface area (Å²) in [5.74, 6) is 0.388. The van der Waals surface area contributed by atoms with Gasteiger partial charge in [-0.15, -0.1) is 0 Å². The van der Waals surface area contributed by atoms with Crippen molar-refractivity contribution >= 4 is 24.6 Å². The zero-order valence-electron chi connectivity index (χ0n) is 13.6. The molecule has 10 heteroatoms. The fourth-order valence-electron chi connectivity index (χ4n) is 2.14. The van der Waals surface area contributed by atoms with Gasteiger partial charge in [0.25, 0.3) is 0 Å². The van der Waals surface area contributed by atoms with Crippen LogP contribution in [-0.2, 0) is 24.9 Å². The molecule has 128 valence electrons. The van der Waals surface area contributed by atoms with Crippen molar-refractivity contribution in [3.05, 3.63) is 12.7 Å². The number of H-pyrrole nitrogens is 1. The third-order valence-electron chi connectivity index (χ3n) is 3.12. The minimum Gasteiger partial charge on any atom is -0.380 e. The lowest BCUT2D eigenvalue weighted by Crippen LogP contribution is -2.39. The quantitative estimate of drug-likeness (QED) is 0.522. The summed E-state index contributed by atoms with van der Waals surface area (Å²) in [5.41, 5.74) is 7.15. The maximum atomic E-state index is 12.4. The van der Waals surface area contributed by atoms with Crippen LogP contribution < -0.4 is 10.3 Å². The van der Waals surface area contributed by atoms with Gasteiger partial charge in [-0.2, -0.15) is 4.98 Å². The van der Waals surface area contributed by atoms with Gasteiger partial charge >= 0.3 is 13.2 Å². The lowest BCUT2D eigenvalue weighted by atomic mass is 10.4. The first kappa shape index (κ1) is 17.8. The van der Waals surface area contributed by atoms with Crippen LogP contribution in [0, 0.1) is 0 Å². The van der Waals surface area contributed by atoms with Gasteiger partial charge in [-0.05, 0) is 20.8 Å². The number of hydrogen-bond acceptors (Lipinski definition) is 7. The Morgan fingerprint density at radius 2 is 2.04 bits per heavy atom. The normalized spacial score (nSPS) is 13.5. The van der Waals surface area contributed by atoms with Crippen LogP contribution in [0.15, 0.2) is 12.7 Å². The number of nitrogen functional groups attached to an aromatic ring is 1. The molecule has 9 nitrogen and oxygen atoms in total. The fraction of sp³-hybridized carbons (Fsp3) is 0.615. The standard InChI is InChI=1S/C13H22N5O4P/c1-4-21-23(19,22-5-2)9-20-10(3)6-18-8-17-11-12(14)15-7-16-13(11)18/h7-8,10H,4-6,9H2,1-3H3,(H2,14,15,16)/p+1/t10-/m1/s1. The second-order valence-corrected chi connectivity index (χ2v) is 6.93. The molecule has 0 unspecified atom stereocenters. The highest BCUT2D eigenvalue weighted by molar-refractivity contribution is 7.53. The van der Waals surface area contributed by atoms with E-state index in [1.54, 1.807) is 20.2 Å². The van der Waals surface area contributed by atoms with Gasteiger partial charge in [0, 0.05) is 0 Å². The summed E-state index contributed by atoms with van der Waals surface area (Å²) in [6.07, 6.45) is 2.85. The Bertz CT molecular complexity index is 682. The molecule has 23 heavy (non-hydrogen) atoms. The van der Waals surface area contributed by atoms with Crippen LogP contribution in [0.5, 0.6) is 0 Å². The number of nitrogens with zero attached hydrogens (tertiary/aromatic N) is 3. The molecular weight excluding hydrogens is 321 g/mol. The number of aromatic amines is 1. The summed E-state index contributed by atoms with van der Waals surface area (Å²) < 4.78 is 30.3. The summed E-state index contributed by atoms with van der Waals surface area (Å²) in [6.45, 7) is 6.53. The molecule has 0 fully saturated rings. The number of nitrogens with two attached hydrogens (primary N) is 1. The van der Waals surface area contributed by atoms with Crippen molar-refractivity contribution in [1.29, 1.82) is 0 Å². The van der Waals surface area contributed by atoms with Crippen LogP contribution in [0.25, 0.3) is 11.2 Å². The van der Waals surface area contributed by atoms with Crippen LogP contribution in [0.4, 0.5) is 5.82 Å². The molecule has 2 heterocycles. The molecule has 0 amide bonds. The first-order valence-electron chi connectivity index (χ1n) is 7.45. The van der Waals surface area contributed by atoms with E-state index in [0.29, 0.717) is 36.7 Å². The van der Waals surface area contributed by atoms with Crippen LogP contribution in [0.3, 0.4) is 0 Å². The zero-order chi connectivity index (χ0) is 16.9. The summed E-state index contributed by atoms with van der Waals surface area (Å²) in [5, 5.41) is 0. The number of ether oxygens (including phenoxy) is 1. The summed E-state index contributed by atoms with van der Waals surface area (Å²) in [7, 11) is -3.20. The minimum absolute atomic E-state index is 0.0874. The molecule has 0 saturated heterocycles. The van der Waals surface area contributed by atoms with Crippen molar-refractivity contribution in [2.75, 3.05) is 25.3 Å². The maximum absolute atomic E-state index is 12.4. The number of rotatable bonds is 9. The topological polar surface area (TPSA) is 116 Å². The number of nitrogens with one attached hydrogen (secondary N) is 1. The lowest BCUT2D eigenvalue weighted by molar-refractivity contribution is -0.680. The van der Waals surface area contributed by atoms with Crippen LogP contribution in [0.2, 0.25) is 0 Å². The number of hydrogen-bond donors (Lipinski definition) is 2. The highest BCUT2D eigenvalue weighted by Crippen LogP contribution is 2.48. The summed E-state index contributed by atoms with van der Waals surface area (Å²) in [4.78, 5) is 11.2. The molecule has 0 radical (unpaired) electrons. The number of aromatic nitrogens is 4. The van der Waals surface area contributed by atoms with Crippen molar-refractivity contribution in [2.45, 2.75) is 33.4 Å². The molecule has 0 bridgehead atoms. The monoisotopic (exact) mass is 344 g/mol. The van der Waals surface area contributed by atoms with Crippen LogP contribution in [-0.4, -0.2) is 40.6 Å². The van der Waals surface area contributed by atoms with E-state index in [1.807, 2.05) is 11.5 Å². The Morgan fingerprint density at radius 3 is 2.70 bits per heavy atom. The largest absolute Gasteiger partial charge is 0.380 e. The summed E-state index contributed by atoms with van der Waals surface area (Å²) in [6, 6.07) is 0. The van der Waals surface area contributed by atoms with E-state index in [0.717, 1.165) is 0 Å². The van der Waals surface area contributed by atoms with Crippen molar-refractivity contribution in [3.63, 3.8) is 0 Å². The first-order valence-corrected chi connectivity index (χ1v) is 9.18. The van der Waals surface area contributed by atoms with E-state index in [1.165, 1.54) is 6.33 Å². The lowest BCUT2D eigenvalue weighted by Gasteiger charge is -2.19. The second-order valence-electron chi connectivity index (χ2n) is 4.94. The predicted octanol–water partition coefficient (Wildman–Crippen LogP) is 1.46. The Labute approximate surface area is 134 Å². The Morgan fingerprint density at radius 1 is 1.35 bits per heavy atom. The zero-order valence-corrected chi connectivity index (χ0v) is 14.5. The molecule has 2 rings (SSSR count). The molecule has 2 aromatic heterocycles. The van der Waals surface area contributed by atoms with Crippen molar-refractivity contribution < 1.29 is 22.9 Å². The van der Waals surface area contributed by atoms with E-state index in [4.69, 9.17) is 19.5 Å². The average molecular weight is 344 g/mol. The van der Waals surface area contributed by atoms with Crippen molar-refractivity contribution in [1.82, 2.24) is 15.0 Å². The molecule has 0 aliphatic heterocycles. The molecule has 0 spiro atoms. The first-order chi connectivity index (χ1) is 11.0. The third-order valence-corrected chi connectivity index (χ3v) is 4.88. The molecule has 0 aromatic carbocycles. The van der Waals surface area contributed by atoms with Crippen molar-refractivity contribution in [2.24, 2.45) is 0 Å². The molecule has 2 aromatic rings. The van der Waals surface area contributed by atoms with Gasteiger partial charge in [0.05, 0.1) is 25.9 Å². The molecule has 0 saturated carbocycles. The average Bonchev–Trinajstić information content (AvgIpc) is 2.91. The van der Waals surface area contributed by atoms with Gasteiger partial charge in [0.2, 0.25) is 5.52 Å². The van der Waals surface area contributed by atoms with Gasteiger partial charge in [-0.1, -0.05) is 4.98 Å². The third kappa shape index (κ3) is 4.48. The predicted molar refractivity (Wildman–Crippen MR) is 84.8 cm³/mol. The van der Waals surface area contributed by atoms with Gasteiger partial charge < -0.3 is 19.5 Å². The molecular formula is C13H23N5O4P+. The Kier molecular flexibility index (Phi) is 6.06. The SMILES string of the molecule is CCOP(=O)(CO[C@H](C)C[n+]1c[nH]c2c(N)ncnc21)OCC. The van der Waals surface area contributed by atoms with Gasteiger partial charge in [0.1, 0.15) is 6.35 Å². The van der Waals surface area contributed by atoms with Gasteiger partial charge in [0.15, 0.2) is 18.5 Å². The fourth-order valence-corrected chi connectivity index (χ4v) is 3.59. The number of anilines is 1. The highest BCUT2D eigenvalue weighted by atomic mass is 31.2. The van der Waals surface area contributed by atoms with Crippen LogP contribution >= 0.6 is 7.60 Å². The van der Waals surface area contributed by atoms with Crippen LogP contribution in [0.1, 0.15) is 20.8 Å². The molecule has 0 aliphatic rings. The number of fused-ring (bicyclic) bond motifs is 1. The van der Waals surface area contributed by atoms with E-state index >= 15 is 0 Å². The number of imidazole rings is 1. The highest BCUT2D eigenvalue weighted by Gasteiger charge is 2.26. The minimum atomic E-state index is -3.20. The van der Waals surface area contributed by atoms with E-state index in [-0.39, 0.29) is 12.5 Å². The van der Waals surface area contributed by atoms with E-state index < -0.39 is 7.60 Å². The van der Waals surface area contributed by atoms with Crippen molar-refractivity contribution in [3.8, 4) is 0 Å². The molecule has 1 atom stereocenters. The van der Waals surface area contributed by atoms with Gasteiger partial charge in [-0.25, -0.2) is 4.57 Å². The summed E-state index contributed by atoms with van der Waals surface area (Å²) >= 11 is 0. The van der Waals surface area contributed by atoms with E-state index in [2.05, 4.69) is 15.0 Å². The Balaban J connectivity index is 2.00. The smallest absolute Gasteiger partial charge is 0.356 e. The van der Waals surface area contributed by atoms with E-state index in [9.17, 15) is 4.57 Å². The van der Waals surface area contributed by atoms with Gasteiger partial charge in [-0.3, -0.25) is 9.55 Å². The second kappa shape index (κ2) is 7.83. The Hall–Kier alpha value is -1.54. The molecule has 0 aliphatic carbocycles. The maximum Gasteiger partial charge on any atom is 0.356 e.